The van der Waals surface area contributed by atoms with Gasteiger partial charge in [0.25, 0.3) is 0 Å². The summed E-state index contributed by atoms with van der Waals surface area (Å²) < 4.78 is 40.0. The standard InChI is InChI=1S/C19H19FN2O5S/c20-12-3-6-14-15(8-21-16(14)7-12)11-1-4-13(5-2-11)28(26,27)22-9-18(24)19(25)17(22)10-23/h1-8,17-19,21,23-25H,9-10H2. The SMILES string of the molecule is O=S(=O)(c1ccc(-c2c[nH]c3cc(F)ccc23)cc1)N1CC(O)C(O)C1CO. The summed E-state index contributed by atoms with van der Waals surface area (Å²) in [5.74, 6) is -0.351. The fourth-order valence-electron chi connectivity index (χ4n) is 3.61. The van der Waals surface area contributed by atoms with Crippen LogP contribution in [0.15, 0.2) is 53.6 Å². The Morgan fingerprint density at radius 3 is 2.54 bits per heavy atom. The number of halogens is 1. The van der Waals surface area contributed by atoms with E-state index in [0.29, 0.717) is 5.52 Å². The van der Waals surface area contributed by atoms with Gasteiger partial charge in [0, 0.05) is 29.2 Å². The zero-order chi connectivity index (χ0) is 20.1. The van der Waals surface area contributed by atoms with Crippen LogP contribution < -0.4 is 0 Å². The Labute approximate surface area is 160 Å². The second-order valence-electron chi connectivity index (χ2n) is 6.80. The van der Waals surface area contributed by atoms with Crippen LogP contribution in [0.5, 0.6) is 0 Å². The molecular formula is C19H19FN2O5S. The van der Waals surface area contributed by atoms with E-state index >= 15 is 0 Å². The van der Waals surface area contributed by atoms with Crippen molar-refractivity contribution in [3.8, 4) is 11.1 Å². The van der Waals surface area contributed by atoms with Gasteiger partial charge in [-0.25, -0.2) is 12.8 Å². The molecule has 148 valence electrons. The molecular weight excluding hydrogens is 387 g/mol. The third-order valence-corrected chi connectivity index (χ3v) is 7.03. The highest BCUT2D eigenvalue weighted by atomic mass is 32.2. The first-order valence-electron chi connectivity index (χ1n) is 8.69. The van der Waals surface area contributed by atoms with Crippen LogP contribution in [0.1, 0.15) is 0 Å². The van der Waals surface area contributed by atoms with Crippen molar-refractivity contribution in [3.05, 3.63) is 54.5 Å². The van der Waals surface area contributed by atoms with E-state index in [9.17, 15) is 28.1 Å². The molecule has 4 rings (SSSR count). The molecule has 1 fully saturated rings. The van der Waals surface area contributed by atoms with Crippen molar-refractivity contribution in [1.29, 1.82) is 0 Å². The minimum Gasteiger partial charge on any atom is -0.395 e. The van der Waals surface area contributed by atoms with E-state index in [4.69, 9.17) is 0 Å². The Morgan fingerprint density at radius 2 is 1.86 bits per heavy atom. The first-order chi connectivity index (χ1) is 13.3. The molecule has 0 radical (unpaired) electrons. The fraction of sp³-hybridized carbons (Fsp3) is 0.263. The minimum atomic E-state index is -4.00. The molecule has 1 saturated heterocycles. The lowest BCUT2D eigenvalue weighted by Crippen LogP contribution is -2.42. The van der Waals surface area contributed by atoms with E-state index in [-0.39, 0.29) is 17.3 Å². The summed E-state index contributed by atoms with van der Waals surface area (Å²) in [6.45, 7) is -0.883. The summed E-state index contributed by atoms with van der Waals surface area (Å²) in [4.78, 5) is 2.98. The van der Waals surface area contributed by atoms with E-state index in [0.717, 1.165) is 20.8 Å². The van der Waals surface area contributed by atoms with Gasteiger partial charge in [-0.15, -0.1) is 0 Å². The molecule has 3 unspecified atom stereocenters. The quantitative estimate of drug-likeness (QED) is 0.517. The average Bonchev–Trinajstić information content (AvgIpc) is 3.22. The molecule has 2 aromatic carbocycles. The van der Waals surface area contributed by atoms with Gasteiger partial charge in [-0.3, -0.25) is 0 Å². The van der Waals surface area contributed by atoms with E-state index in [1.165, 1.54) is 24.3 Å². The number of hydrogen-bond donors (Lipinski definition) is 4. The van der Waals surface area contributed by atoms with Crippen LogP contribution in [-0.2, 0) is 10.0 Å². The number of rotatable bonds is 4. The largest absolute Gasteiger partial charge is 0.395 e. The molecule has 0 spiro atoms. The summed E-state index contributed by atoms with van der Waals surface area (Å²) in [7, 11) is -4.00. The highest BCUT2D eigenvalue weighted by molar-refractivity contribution is 7.89. The predicted octanol–water partition coefficient (Wildman–Crippen LogP) is 1.06. The van der Waals surface area contributed by atoms with Crippen LogP contribution in [0, 0.1) is 5.82 Å². The topological polar surface area (TPSA) is 114 Å². The zero-order valence-corrected chi connectivity index (χ0v) is 15.5. The van der Waals surface area contributed by atoms with Gasteiger partial charge < -0.3 is 20.3 Å². The van der Waals surface area contributed by atoms with Gasteiger partial charge in [0.2, 0.25) is 10.0 Å². The van der Waals surface area contributed by atoms with Gasteiger partial charge in [-0.2, -0.15) is 4.31 Å². The van der Waals surface area contributed by atoms with E-state index in [2.05, 4.69) is 4.98 Å². The molecule has 3 aromatic rings. The number of aromatic nitrogens is 1. The normalized spacial score (nSPS) is 23.5. The summed E-state index contributed by atoms with van der Waals surface area (Å²) in [5, 5.41) is 29.9. The van der Waals surface area contributed by atoms with E-state index in [1.807, 2.05) is 0 Å². The van der Waals surface area contributed by atoms with Crippen LogP contribution >= 0.6 is 0 Å². The van der Waals surface area contributed by atoms with Crippen molar-refractivity contribution in [2.75, 3.05) is 13.2 Å². The van der Waals surface area contributed by atoms with Gasteiger partial charge in [0.15, 0.2) is 0 Å². The van der Waals surface area contributed by atoms with Gasteiger partial charge >= 0.3 is 0 Å². The summed E-state index contributed by atoms with van der Waals surface area (Å²) >= 11 is 0. The van der Waals surface area contributed by atoms with Crippen LogP contribution in [0.25, 0.3) is 22.0 Å². The fourth-order valence-corrected chi connectivity index (χ4v) is 5.26. The minimum absolute atomic E-state index is 0.0121. The maximum absolute atomic E-state index is 13.4. The lowest BCUT2D eigenvalue weighted by Gasteiger charge is -2.23. The molecule has 1 aliphatic heterocycles. The molecule has 0 aliphatic carbocycles. The van der Waals surface area contributed by atoms with Gasteiger partial charge in [0.1, 0.15) is 5.82 Å². The number of β-amino-alcohol motifs (C(OH)–C–C–N with tert-alkyl or cyclic N) is 1. The summed E-state index contributed by atoms with van der Waals surface area (Å²) in [6.07, 6.45) is -0.869. The first-order valence-corrected chi connectivity index (χ1v) is 10.1. The molecule has 9 heteroatoms. The number of benzene rings is 2. The predicted molar refractivity (Wildman–Crippen MR) is 100 cm³/mol. The average molecular weight is 406 g/mol. The van der Waals surface area contributed by atoms with Crippen molar-refractivity contribution < 1.29 is 28.1 Å². The molecule has 28 heavy (non-hydrogen) atoms. The smallest absolute Gasteiger partial charge is 0.243 e. The lowest BCUT2D eigenvalue weighted by atomic mass is 10.1. The molecule has 1 aromatic heterocycles. The lowest BCUT2D eigenvalue weighted by molar-refractivity contribution is 0.0265. The molecule has 0 amide bonds. The number of fused-ring (bicyclic) bond motifs is 1. The van der Waals surface area contributed by atoms with Crippen molar-refractivity contribution >= 4 is 20.9 Å². The van der Waals surface area contributed by atoms with E-state index < -0.39 is 34.9 Å². The van der Waals surface area contributed by atoms with Crippen molar-refractivity contribution in [2.45, 2.75) is 23.1 Å². The van der Waals surface area contributed by atoms with Crippen LogP contribution in [-0.4, -0.2) is 64.4 Å². The molecule has 2 heterocycles. The zero-order valence-electron chi connectivity index (χ0n) is 14.7. The Balaban J connectivity index is 1.67. The first kappa shape index (κ1) is 19.0. The monoisotopic (exact) mass is 406 g/mol. The Morgan fingerprint density at radius 1 is 1.14 bits per heavy atom. The van der Waals surface area contributed by atoms with Gasteiger partial charge in [0.05, 0.1) is 29.8 Å². The Kier molecular flexibility index (Phi) is 4.72. The second-order valence-corrected chi connectivity index (χ2v) is 8.69. The van der Waals surface area contributed by atoms with E-state index in [1.54, 1.807) is 24.4 Å². The number of aromatic amines is 1. The molecule has 0 saturated carbocycles. The number of hydrogen-bond acceptors (Lipinski definition) is 5. The maximum Gasteiger partial charge on any atom is 0.243 e. The van der Waals surface area contributed by atoms with Crippen LogP contribution in [0.4, 0.5) is 4.39 Å². The molecule has 1 aliphatic rings. The number of aliphatic hydroxyl groups is 3. The third-order valence-electron chi connectivity index (χ3n) is 5.13. The van der Waals surface area contributed by atoms with Crippen molar-refractivity contribution in [2.24, 2.45) is 0 Å². The third kappa shape index (κ3) is 3.01. The highest BCUT2D eigenvalue weighted by Crippen LogP contribution is 2.31. The second kappa shape index (κ2) is 6.94. The van der Waals surface area contributed by atoms with Crippen LogP contribution in [0.3, 0.4) is 0 Å². The molecule has 7 nitrogen and oxygen atoms in total. The maximum atomic E-state index is 13.4. The molecule has 4 N–H and O–H groups in total. The number of nitrogens with zero attached hydrogens (tertiary/aromatic N) is 1. The Hall–Kier alpha value is -2.30. The molecule has 0 bridgehead atoms. The highest BCUT2D eigenvalue weighted by Gasteiger charge is 2.45. The summed E-state index contributed by atoms with van der Waals surface area (Å²) in [5.41, 5.74) is 2.19. The Bertz CT molecular complexity index is 1110. The van der Waals surface area contributed by atoms with Gasteiger partial charge in [-0.05, 0) is 35.9 Å². The van der Waals surface area contributed by atoms with Crippen molar-refractivity contribution in [1.82, 2.24) is 9.29 Å². The number of nitrogens with one attached hydrogen (secondary N) is 1. The van der Waals surface area contributed by atoms with Crippen LogP contribution in [0.2, 0.25) is 0 Å². The number of sulfonamides is 1. The number of aliphatic hydroxyl groups excluding tert-OH is 3. The van der Waals surface area contributed by atoms with Gasteiger partial charge in [-0.1, -0.05) is 12.1 Å². The number of H-pyrrole nitrogens is 1. The van der Waals surface area contributed by atoms with Crippen molar-refractivity contribution in [3.63, 3.8) is 0 Å². The molecule has 3 atom stereocenters. The summed E-state index contributed by atoms with van der Waals surface area (Å²) in [6, 6.07) is 9.43.